The molecular formula is C22H22F4O2. The van der Waals surface area contributed by atoms with Gasteiger partial charge in [0.2, 0.25) is 0 Å². The molecule has 150 valence electrons. The zero-order chi connectivity index (χ0) is 20.3. The normalized spacial score (nSPS) is 19.5. The molecule has 3 rings (SSSR count). The fourth-order valence-corrected chi connectivity index (χ4v) is 3.91. The maximum absolute atomic E-state index is 14.5. The van der Waals surface area contributed by atoms with Gasteiger partial charge in [-0.15, -0.1) is 0 Å². The van der Waals surface area contributed by atoms with Crippen LogP contribution in [0.25, 0.3) is 0 Å². The summed E-state index contributed by atoms with van der Waals surface area (Å²) in [6.45, 7) is 2.15. The molecule has 0 saturated heterocycles. The molecule has 2 nitrogen and oxygen atoms in total. The van der Waals surface area contributed by atoms with Crippen LogP contribution in [0.1, 0.15) is 67.3 Å². The minimum absolute atomic E-state index is 0.0633. The van der Waals surface area contributed by atoms with Crippen molar-refractivity contribution in [2.24, 2.45) is 5.92 Å². The second kappa shape index (κ2) is 8.76. The van der Waals surface area contributed by atoms with E-state index in [4.69, 9.17) is 4.74 Å². The first-order chi connectivity index (χ1) is 13.4. The zero-order valence-corrected chi connectivity index (χ0v) is 15.6. The molecule has 0 N–H and O–H groups in total. The van der Waals surface area contributed by atoms with Crippen LogP contribution in [0.15, 0.2) is 30.3 Å². The minimum atomic E-state index is -1.29. The number of rotatable bonds is 5. The lowest BCUT2D eigenvalue weighted by molar-refractivity contribution is 0.0724. The van der Waals surface area contributed by atoms with Crippen molar-refractivity contribution in [2.45, 2.75) is 51.4 Å². The molecule has 0 heterocycles. The maximum Gasteiger partial charge on any atom is 0.349 e. The van der Waals surface area contributed by atoms with Gasteiger partial charge in [-0.2, -0.15) is 0 Å². The van der Waals surface area contributed by atoms with Crippen LogP contribution in [-0.2, 0) is 0 Å². The van der Waals surface area contributed by atoms with Gasteiger partial charge >= 0.3 is 5.97 Å². The largest absolute Gasteiger partial charge is 0.423 e. The minimum Gasteiger partial charge on any atom is -0.423 e. The SMILES string of the molecule is CCCC1CCC(c2cc(F)c(C(=O)Oc3ccc(F)c(F)c3)c(F)c2)CC1. The van der Waals surface area contributed by atoms with Crippen molar-refractivity contribution in [1.82, 2.24) is 0 Å². The molecule has 0 amide bonds. The van der Waals surface area contributed by atoms with Gasteiger partial charge in [-0.05, 0) is 67.3 Å². The number of esters is 1. The van der Waals surface area contributed by atoms with Crippen LogP contribution in [0, 0.1) is 29.2 Å². The second-order valence-electron chi connectivity index (χ2n) is 7.33. The highest BCUT2D eigenvalue weighted by Gasteiger charge is 2.26. The molecule has 0 bridgehead atoms. The van der Waals surface area contributed by atoms with Crippen molar-refractivity contribution in [3.63, 3.8) is 0 Å². The van der Waals surface area contributed by atoms with E-state index in [9.17, 15) is 22.4 Å². The number of hydrogen-bond acceptors (Lipinski definition) is 2. The molecule has 6 heteroatoms. The van der Waals surface area contributed by atoms with E-state index in [1.54, 1.807) is 0 Å². The van der Waals surface area contributed by atoms with E-state index in [1.165, 1.54) is 18.6 Å². The van der Waals surface area contributed by atoms with Crippen molar-refractivity contribution in [3.8, 4) is 5.75 Å². The summed E-state index contributed by atoms with van der Waals surface area (Å²) in [5.41, 5.74) is -0.303. The average Bonchev–Trinajstić information content (AvgIpc) is 2.65. The average molecular weight is 394 g/mol. The number of benzene rings is 2. The maximum atomic E-state index is 14.5. The Morgan fingerprint density at radius 2 is 1.57 bits per heavy atom. The molecular weight excluding hydrogens is 372 g/mol. The lowest BCUT2D eigenvalue weighted by atomic mass is 9.77. The highest BCUT2D eigenvalue weighted by Crippen LogP contribution is 2.38. The van der Waals surface area contributed by atoms with Crippen molar-refractivity contribution < 1.29 is 27.1 Å². The zero-order valence-electron chi connectivity index (χ0n) is 15.6. The van der Waals surface area contributed by atoms with Gasteiger partial charge in [0.15, 0.2) is 11.6 Å². The summed E-state index contributed by atoms with van der Waals surface area (Å²) in [7, 11) is 0. The highest BCUT2D eigenvalue weighted by molar-refractivity contribution is 5.91. The Balaban J connectivity index is 1.74. The van der Waals surface area contributed by atoms with Gasteiger partial charge in [-0.3, -0.25) is 0 Å². The molecule has 0 aromatic heterocycles. The third kappa shape index (κ3) is 4.54. The van der Waals surface area contributed by atoms with Gasteiger partial charge in [0, 0.05) is 6.07 Å². The van der Waals surface area contributed by atoms with Gasteiger partial charge < -0.3 is 4.74 Å². The van der Waals surface area contributed by atoms with Crippen molar-refractivity contribution in [3.05, 3.63) is 64.7 Å². The van der Waals surface area contributed by atoms with E-state index in [-0.39, 0.29) is 11.7 Å². The standard InChI is InChI=1S/C22H22F4O2/c1-2-3-13-4-6-14(7-5-13)15-10-19(25)21(20(26)11-15)22(27)28-16-8-9-17(23)18(24)12-16/h8-14H,2-7H2,1H3. The number of halogens is 4. The number of ether oxygens (including phenoxy) is 1. The molecule has 1 saturated carbocycles. The van der Waals surface area contributed by atoms with Crippen LogP contribution in [0.2, 0.25) is 0 Å². The monoisotopic (exact) mass is 394 g/mol. The first-order valence-electron chi connectivity index (χ1n) is 9.55. The number of carbonyl (C=O) groups excluding carboxylic acids is 1. The van der Waals surface area contributed by atoms with E-state index >= 15 is 0 Å². The second-order valence-corrected chi connectivity index (χ2v) is 7.33. The van der Waals surface area contributed by atoms with Crippen molar-refractivity contribution >= 4 is 5.97 Å². The predicted octanol–water partition coefficient (Wildman–Crippen LogP) is 6.54. The molecule has 0 unspecified atom stereocenters. The lowest BCUT2D eigenvalue weighted by Crippen LogP contribution is -2.16. The van der Waals surface area contributed by atoms with Crippen molar-refractivity contribution in [2.75, 3.05) is 0 Å². The Morgan fingerprint density at radius 1 is 0.929 bits per heavy atom. The molecule has 0 spiro atoms. The number of carbonyl (C=O) groups is 1. The van der Waals surface area contributed by atoms with Gasteiger partial charge in [0.05, 0.1) is 0 Å². The summed E-state index contributed by atoms with van der Waals surface area (Å²) in [5.74, 6) is -5.26. The molecule has 2 aromatic rings. The first kappa shape index (κ1) is 20.4. The quantitative estimate of drug-likeness (QED) is 0.327. The summed E-state index contributed by atoms with van der Waals surface area (Å²) in [5, 5.41) is 0. The van der Waals surface area contributed by atoms with Gasteiger partial charge in [-0.1, -0.05) is 19.8 Å². The van der Waals surface area contributed by atoms with Crippen LogP contribution in [0.5, 0.6) is 5.75 Å². The molecule has 0 radical (unpaired) electrons. The van der Waals surface area contributed by atoms with Crippen LogP contribution in [-0.4, -0.2) is 5.97 Å². The third-order valence-corrected chi connectivity index (χ3v) is 5.39. The van der Waals surface area contributed by atoms with Crippen LogP contribution in [0.3, 0.4) is 0 Å². The first-order valence-corrected chi connectivity index (χ1v) is 9.55. The Morgan fingerprint density at radius 3 is 2.14 bits per heavy atom. The van der Waals surface area contributed by atoms with E-state index < -0.39 is 34.8 Å². The Bertz CT molecular complexity index is 835. The van der Waals surface area contributed by atoms with Crippen LogP contribution < -0.4 is 4.74 Å². The fourth-order valence-electron chi connectivity index (χ4n) is 3.91. The lowest BCUT2D eigenvalue weighted by Gasteiger charge is -2.28. The molecule has 1 aliphatic rings. The molecule has 1 aliphatic carbocycles. The smallest absolute Gasteiger partial charge is 0.349 e. The van der Waals surface area contributed by atoms with Gasteiger partial charge in [0.1, 0.15) is 22.9 Å². The summed E-state index contributed by atoms with van der Waals surface area (Å²) in [6, 6.07) is 4.77. The van der Waals surface area contributed by atoms with E-state index in [0.29, 0.717) is 17.5 Å². The van der Waals surface area contributed by atoms with Crippen molar-refractivity contribution in [1.29, 1.82) is 0 Å². The fraction of sp³-hybridized carbons (Fsp3) is 0.409. The van der Waals surface area contributed by atoms with E-state index in [0.717, 1.165) is 44.2 Å². The Hall–Kier alpha value is -2.37. The van der Waals surface area contributed by atoms with Crippen LogP contribution in [0.4, 0.5) is 17.6 Å². The van der Waals surface area contributed by atoms with Crippen LogP contribution >= 0.6 is 0 Å². The number of hydrogen-bond donors (Lipinski definition) is 0. The summed E-state index contributed by atoms with van der Waals surface area (Å²) >= 11 is 0. The predicted molar refractivity (Wildman–Crippen MR) is 97.3 cm³/mol. The molecule has 1 fully saturated rings. The summed E-state index contributed by atoms with van der Waals surface area (Å²) in [4.78, 5) is 12.1. The molecule has 28 heavy (non-hydrogen) atoms. The molecule has 0 atom stereocenters. The summed E-state index contributed by atoms with van der Waals surface area (Å²) < 4.78 is 59.9. The topological polar surface area (TPSA) is 26.3 Å². The molecule has 0 aliphatic heterocycles. The molecule has 2 aromatic carbocycles. The van der Waals surface area contributed by atoms with Gasteiger partial charge in [0.25, 0.3) is 0 Å². The third-order valence-electron chi connectivity index (χ3n) is 5.39. The highest BCUT2D eigenvalue weighted by atomic mass is 19.2. The van der Waals surface area contributed by atoms with Gasteiger partial charge in [-0.25, -0.2) is 22.4 Å². The van der Waals surface area contributed by atoms with E-state index in [2.05, 4.69) is 6.92 Å². The Kier molecular flexibility index (Phi) is 6.37. The summed E-state index contributed by atoms with van der Waals surface area (Å²) in [6.07, 6.45) is 6.09. The van der Waals surface area contributed by atoms with E-state index in [1.807, 2.05) is 0 Å². The Labute approximate surface area is 161 Å².